The second-order valence-electron chi connectivity index (χ2n) is 4.02. The Hall–Kier alpha value is -0.610. The van der Waals surface area contributed by atoms with Gasteiger partial charge in [-0.25, -0.2) is 0 Å². The van der Waals surface area contributed by atoms with Crippen LogP contribution in [0.1, 0.15) is 26.7 Å². The molecule has 1 aliphatic heterocycles. The van der Waals surface area contributed by atoms with Gasteiger partial charge in [0.1, 0.15) is 6.04 Å². The highest BCUT2D eigenvalue weighted by molar-refractivity contribution is 5.75. The summed E-state index contributed by atoms with van der Waals surface area (Å²) in [6, 6.07) is -0.178. The van der Waals surface area contributed by atoms with Crippen LogP contribution in [0.2, 0.25) is 0 Å². The second-order valence-corrected chi connectivity index (χ2v) is 4.02. The zero-order valence-electron chi connectivity index (χ0n) is 9.79. The molecule has 0 amide bonds. The SMILES string of the molecule is CCC(NCC1CCOC1C)C(=O)OC. The first-order valence-electron chi connectivity index (χ1n) is 5.61. The van der Waals surface area contributed by atoms with E-state index in [0.717, 1.165) is 26.0 Å². The van der Waals surface area contributed by atoms with Gasteiger partial charge >= 0.3 is 5.97 Å². The van der Waals surface area contributed by atoms with E-state index in [-0.39, 0.29) is 12.0 Å². The average molecular weight is 215 g/mol. The van der Waals surface area contributed by atoms with Crippen molar-refractivity contribution < 1.29 is 14.3 Å². The van der Waals surface area contributed by atoms with Gasteiger partial charge in [0, 0.05) is 13.2 Å². The first kappa shape index (κ1) is 12.5. The molecule has 4 heteroatoms. The van der Waals surface area contributed by atoms with Gasteiger partial charge in [-0.2, -0.15) is 0 Å². The molecule has 0 saturated carbocycles. The van der Waals surface area contributed by atoms with Crippen LogP contribution >= 0.6 is 0 Å². The van der Waals surface area contributed by atoms with E-state index in [0.29, 0.717) is 12.0 Å². The standard InChI is InChI=1S/C11H21NO3/c1-4-10(11(13)14-3)12-7-9-5-6-15-8(9)2/h8-10,12H,4-7H2,1-3H3. The summed E-state index contributed by atoms with van der Waals surface area (Å²) in [5, 5.41) is 3.24. The smallest absolute Gasteiger partial charge is 0.322 e. The summed E-state index contributed by atoms with van der Waals surface area (Å²) in [6.45, 7) is 5.72. The molecule has 0 radical (unpaired) electrons. The molecule has 1 saturated heterocycles. The van der Waals surface area contributed by atoms with E-state index in [9.17, 15) is 4.79 Å². The minimum Gasteiger partial charge on any atom is -0.468 e. The van der Waals surface area contributed by atoms with E-state index in [1.165, 1.54) is 7.11 Å². The largest absolute Gasteiger partial charge is 0.468 e. The molecule has 3 unspecified atom stereocenters. The van der Waals surface area contributed by atoms with Crippen molar-refractivity contribution in [3.63, 3.8) is 0 Å². The first-order valence-corrected chi connectivity index (χ1v) is 5.61. The number of methoxy groups -OCH3 is 1. The molecule has 15 heavy (non-hydrogen) atoms. The van der Waals surface area contributed by atoms with E-state index in [1.54, 1.807) is 0 Å². The Labute approximate surface area is 91.3 Å². The predicted molar refractivity (Wildman–Crippen MR) is 57.6 cm³/mol. The fourth-order valence-corrected chi connectivity index (χ4v) is 1.87. The minimum absolute atomic E-state index is 0.177. The summed E-state index contributed by atoms with van der Waals surface area (Å²) in [7, 11) is 1.42. The van der Waals surface area contributed by atoms with Crippen LogP contribution in [0.3, 0.4) is 0 Å². The number of ether oxygens (including phenoxy) is 2. The van der Waals surface area contributed by atoms with Crippen molar-refractivity contribution in [3.8, 4) is 0 Å². The Morgan fingerprint density at radius 3 is 2.87 bits per heavy atom. The first-order chi connectivity index (χ1) is 7.19. The topological polar surface area (TPSA) is 47.6 Å². The summed E-state index contributed by atoms with van der Waals surface area (Å²) in [5.74, 6) is 0.341. The van der Waals surface area contributed by atoms with Crippen LogP contribution in [-0.2, 0) is 14.3 Å². The number of hydrogen-bond donors (Lipinski definition) is 1. The molecule has 1 N–H and O–H groups in total. The lowest BCUT2D eigenvalue weighted by Gasteiger charge is -2.19. The van der Waals surface area contributed by atoms with E-state index in [1.807, 2.05) is 6.92 Å². The molecule has 88 valence electrons. The van der Waals surface area contributed by atoms with Gasteiger partial charge in [0.2, 0.25) is 0 Å². The monoisotopic (exact) mass is 215 g/mol. The molecule has 0 spiro atoms. The summed E-state index contributed by atoms with van der Waals surface area (Å²) in [6.07, 6.45) is 2.13. The number of hydrogen-bond acceptors (Lipinski definition) is 4. The quantitative estimate of drug-likeness (QED) is 0.694. The molecule has 3 atom stereocenters. The molecule has 1 aliphatic rings. The Kier molecular flexibility index (Phi) is 5.05. The number of carbonyl (C=O) groups excluding carboxylic acids is 1. The van der Waals surface area contributed by atoms with Gasteiger partial charge in [-0.3, -0.25) is 4.79 Å². The molecule has 4 nitrogen and oxygen atoms in total. The van der Waals surface area contributed by atoms with Crippen LogP contribution in [-0.4, -0.2) is 38.4 Å². The van der Waals surface area contributed by atoms with Crippen LogP contribution in [0.15, 0.2) is 0 Å². The maximum Gasteiger partial charge on any atom is 0.322 e. The van der Waals surface area contributed by atoms with Crippen molar-refractivity contribution in [2.45, 2.75) is 38.8 Å². The van der Waals surface area contributed by atoms with Crippen molar-refractivity contribution >= 4 is 5.97 Å². The van der Waals surface area contributed by atoms with Crippen molar-refractivity contribution in [2.75, 3.05) is 20.3 Å². The third kappa shape index (κ3) is 3.47. The van der Waals surface area contributed by atoms with Crippen molar-refractivity contribution in [2.24, 2.45) is 5.92 Å². The van der Waals surface area contributed by atoms with Gasteiger partial charge in [-0.05, 0) is 25.7 Å². The molecule has 0 aliphatic carbocycles. The van der Waals surface area contributed by atoms with Crippen LogP contribution in [0, 0.1) is 5.92 Å². The number of carbonyl (C=O) groups is 1. The lowest BCUT2D eigenvalue weighted by molar-refractivity contribution is -0.143. The van der Waals surface area contributed by atoms with Gasteiger partial charge < -0.3 is 14.8 Å². The van der Waals surface area contributed by atoms with E-state index in [2.05, 4.69) is 12.2 Å². The normalized spacial score (nSPS) is 27.7. The Balaban J connectivity index is 2.30. The van der Waals surface area contributed by atoms with Crippen molar-refractivity contribution in [1.29, 1.82) is 0 Å². The predicted octanol–water partition coefficient (Wildman–Crippen LogP) is 0.953. The Bertz CT molecular complexity index is 208. The van der Waals surface area contributed by atoms with E-state index in [4.69, 9.17) is 9.47 Å². The van der Waals surface area contributed by atoms with Gasteiger partial charge in [0.05, 0.1) is 13.2 Å². The van der Waals surface area contributed by atoms with E-state index >= 15 is 0 Å². The fourth-order valence-electron chi connectivity index (χ4n) is 1.87. The molecule has 0 aromatic carbocycles. The second kappa shape index (κ2) is 6.08. The Morgan fingerprint density at radius 2 is 2.40 bits per heavy atom. The van der Waals surface area contributed by atoms with Crippen LogP contribution < -0.4 is 5.32 Å². The third-order valence-electron chi connectivity index (χ3n) is 3.05. The van der Waals surface area contributed by atoms with E-state index < -0.39 is 0 Å². The molecule has 1 heterocycles. The molecular weight excluding hydrogens is 194 g/mol. The average Bonchev–Trinajstić information content (AvgIpc) is 2.65. The van der Waals surface area contributed by atoms with Crippen molar-refractivity contribution in [1.82, 2.24) is 5.32 Å². The van der Waals surface area contributed by atoms with Gasteiger partial charge in [-0.15, -0.1) is 0 Å². The Morgan fingerprint density at radius 1 is 1.67 bits per heavy atom. The lowest BCUT2D eigenvalue weighted by Crippen LogP contribution is -2.40. The lowest BCUT2D eigenvalue weighted by atomic mass is 10.0. The van der Waals surface area contributed by atoms with Crippen LogP contribution in [0.5, 0.6) is 0 Å². The molecule has 0 aromatic rings. The minimum atomic E-state index is -0.178. The van der Waals surface area contributed by atoms with Gasteiger partial charge in [0.25, 0.3) is 0 Å². The van der Waals surface area contributed by atoms with Gasteiger partial charge in [-0.1, -0.05) is 6.92 Å². The summed E-state index contributed by atoms with van der Waals surface area (Å²) >= 11 is 0. The summed E-state index contributed by atoms with van der Waals surface area (Å²) < 4.78 is 10.2. The maximum absolute atomic E-state index is 11.3. The number of esters is 1. The summed E-state index contributed by atoms with van der Waals surface area (Å²) in [5.41, 5.74) is 0. The van der Waals surface area contributed by atoms with Crippen LogP contribution in [0.4, 0.5) is 0 Å². The highest BCUT2D eigenvalue weighted by atomic mass is 16.5. The molecule has 0 aromatic heterocycles. The zero-order chi connectivity index (χ0) is 11.3. The molecule has 0 bridgehead atoms. The molecular formula is C11H21NO3. The van der Waals surface area contributed by atoms with Crippen LogP contribution in [0.25, 0.3) is 0 Å². The maximum atomic E-state index is 11.3. The molecule has 1 fully saturated rings. The zero-order valence-corrected chi connectivity index (χ0v) is 9.79. The highest BCUT2D eigenvalue weighted by Gasteiger charge is 2.26. The number of rotatable bonds is 5. The van der Waals surface area contributed by atoms with Crippen molar-refractivity contribution in [3.05, 3.63) is 0 Å². The van der Waals surface area contributed by atoms with Gasteiger partial charge in [0.15, 0.2) is 0 Å². The molecule has 1 rings (SSSR count). The summed E-state index contributed by atoms with van der Waals surface area (Å²) in [4.78, 5) is 11.3. The highest BCUT2D eigenvalue weighted by Crippen LogP contribution is 2.19. The number of nitrogens with one attached hydrogen (secondary N) is 1. The third-order valence-corrected chi connectivity index (χ3v) is 3.05. The fraction of sp³-hybridized carbons (Fsp3) is 0.909.